The SMILES string of the molecule is CCc1ccc(C(=O)N2CCN(CCBr)CC2)cc1. The first-order valence-corrected chi connectivity index (χ1v) is 8.03. The number of carbonyl (C=O) groups is 1. The highest BCUT2D eigenvalue weighted by molar-refractivity contribution is 9.09. The molecule has 1 fully saturated rings. The Morgan fingerprint density at radius 2 is 1.79 bits per heavy atom. The molecule has 19 heavy (non-hydrogen) atoms. The van der Waals surface area contributed by atoms with Crippen molar-refractivity contribution in [2.45, 2.75) is 13.3 Å². The van der Waals surface area contributed by atoms with Gasteiger partial charge in [-0.2, -0.15) is 0 Å². The Bertz CT molecular complexity index is 411. The Morgan fingerprint density at radius 1 is 1.16 bits per heavy atom. The molecule has 1 aliphatic heterocycles. The largest absolute Gasteiger partial charge is 0.336 e. The number of piperazine rings is 1. The van der Waals surface area contributed by atoms with Gasteiger partial charge in [0.15, 0.2) is 0 Å². The van der Waals surface area contributed by atoms with Crippen LogP contribution in [0.1, 0.15) is 22.8 Å². The van der Waals surface area contributed by atoms with Gasteiger partial charge in [-0.1, -0.05) is 35.0 Å². The smallest absolute Gasteiger partial charge is 0.253 e. The second kappa shape index (κ2) is 7.06. The van der Waals surface area contributed by atoms with Crippen molar-refractivity contribution in [1.29, 1.82) is 0 Å². The number of benzene rings is 1. The van der Waals surface area contributed by atoms with Gasteiger partial charge in [-0.3, -0.25) is 9.69 Å². The van der Waals surface area contributed by atoms with Crippen molar-refractivity contribution in [1.82, 2.24) is 9.80 Å². The minimum Gasteiger partial charge on any atom is -0.336 e. The van der Waals surface area contributed by atoms with Crippen LogP contribution in [0.4, 0.5) is 0 Å². The van der Waals surface area contributed by atoms with E-state index in [4.69, 9.17) is 0 Å². The van der Waals surface area contributed by atoms with Gasteiger partial charge in [0.05, 0.1) is 0 Å². The number of carbonyl (C=O) groups excluding carboxylic acids is 1. The molecule has 104 valence electrons. The van der Waals surface area contributed by atoms with Crippen molar-refractivity contribution >= 4 is 21.8 Å². The van der Waals surface area contributed by atoms with E-state index in [0.717, 1.165) is 50.0 Å². The van der Waals surface area contributed by atoms with E-state index in [1.807, 2.05) is 29.2 Å². The molecular formula is C15H21BrN2O. The maximum Gasteiger partial charge on any atom is 0.253 e. The van der Waals surface area contributed by atoms with Crippen molar-refractivity contribution in [2.75, 3.05) is 38.1 Å². The lowest BCUT2D eigenvalue weighted by Crippen LogP contribution is -2.49. The fourth-order valence-corrected chi connectivity index (χ4v) is 2.86. The standard InChI is InChI=1S/C15H21BrN2O/c1-2-13-3-5-14(6-4-13)15(19)18-11-9-17(8-7-16)10-12-18/h3-6H,2,7-12H2,1H3. The molecule has 0 bridgehead atoms. The molecule has 0 aliphatic carbocycles. The summed E-state index contributed by atoms with van der Waals surface area (Å²) < 4.78 is 0. The molecule has 0 atom stereocenters. The summed E-state index contributed by atoms with van der Waals surface area (Å²) in [6.45, 7) is 6.81. The molecule has 0 aromatic heterocycles. The maximum absolute atomic E-state index is 12.4. The molecule has 1 saturated heterocycles. The van der Waals surface area contributed by atoms with Crippen molar-refractivity contribution in [3.05, 3.63) is 35.4 Å². The van der Waals surface area contributed by atoms with E-state index in [2.05, 4.69) is 27.8 Å². The molecular weight excluding hydrogens is 304 g/mol. The second-order valence-electron chi connectivity index (χ2n) is 4.87. The number of hydrogen-bond acceptors (Lipinski definition) is 2. The molecule has 0 radical (unpaired) electrons. The zero-order valence-electron chi connectivity index (χ0n) is 11.4. The lowest BCUT2D eigenvalue weighted by molar-refractivity contribution is 0.0645. The van der Waals surface area contributed by atoms with Gasteiger partial charge in [0.2, 0.25) is 0 Å². The molecule has 1 amide bonds. The summed E-state index contributed by atoms with van der Waals surface area (Å²) in [4.78, 5) is 16.7. The lowest BCUT2D eigenvalue weighted by atomic mass is 10.1. The molecule has 1 aromatic carbocycles. The zero-order valence-corrected chi connectivity index (χ0v) is 13.0. The van der Waals surface area contributed by atoms with E-state index in [1.165, 1.54) is 5.56 Å². The maximum atomic E-state index is 12.4. The molecule has 3 nitrogen and oxygen atoms in total. The van der Waals surface area contributed by atoms with E-state index in [9.17, 15) is 4.79 Å². The molecule has 1 aliphatic rings. The molecule has 4 heteroatoms. The monoisotopic (exact) mass is 324 g/mol. The molecule has 0 N–H and O–H groups in total. The highest BCUT2D eigenvalue weighted by Gasteiger charge is 2.21. The van der Waals surface area contributed by atoms with Gasteiger partial charge in [-0.15, -0.1) is 0 Å². The summed E-state index contributed by atoms with van der Waals surface area (Å²) in [5.41, 5.74) is 2.09. The van der Waals surface area contributed by atoms with Crippen LogP contribution in [0.5, 0.6) is 0 Å². The predicted octanol–water partition coefficient (Wildman–Crippen LogP) is 2.40. The minimum absolute atomic E-state index is 0.168. The van der Waals surface area contributed by atoms with Crippen LogP contribution >= 0.6 is 15.9 Å². The van der Waals surface area contributed by atoms with Crippen LogP contribution in [-0.4, -0.2) is 53.8 Å². The number of nitrogens with zero attached hydrogens (tertiary/aromatic N) is 2. The third-order valence-corrected chi connectivity index (χ3v) is 4.02. The molecule has 1 heterocycles. The Kier molecular flexibility index (Phi) is 5.40. The van der Waals surface area contributed by atoms with Crippen molar-refractivity contribution in [3.8, 4) is 0 Å². The molecule has 0 saturated carbocycles. The fourth-order valence-electron chi connectivity index (χ4n) is 2.36. The molecule has 0 spiro atoms. The first-order valence-electron chi connectivity index (χ1n) is 6.91. The van der Waals surface area contributed by atoms with Crippen molar-refractivity contribution < 1.29 is 4.79 Å². The van der Waals surface area contributed by atoms with Gasteiger partial charge >= 0.3 is 0 Å². The Hall–Kier alpha value is -0.870. The van der Waals surface area contributed by atoms with Crippen molar-refractivity contribution in [3.63, 3.8) is 0 Å². The van der Waals surface area contributed by atoms with Crippen LogP contribution in [0, 0.1) is 0 Å². The fraction of sp³-hybridized carbons (Fsp3) is 0.533. The van der Waals surface area contributed by atoms with Gasteiger partial charge < -0.3 is 4.90 Å². The van der Waals surface area contributed by atoms with E-state index in [1.54, 1.807) is 0 Å². The van der Waals surface area contributed by atoms with Crippen LogP contribution in [-0.2, 0) is 6.42 Å². The van der Waals surface area contributed by atoms with Gasteiger partial charge in [0.25, 0.3) is 5.91 Å². The van der Waals surface area contributed by atoms with E-state index in [-0.39, 0.29) is 5.91 Å². The quantitative estimate of drug-likeness (QED) is 0.794. The second-order valence-corrected chi connectivity index (χ2v) is 5.67. The van der Waals surface area contributed by atoms with Gasteiger partial charge in [0, 0.05) is 43.6 Å². The number of aryl methyl sites for hydroxylation is 1. The summed E-state index contributed by atoms with van der Waals surface area (Å²) in [5, 5.41) is 0.999. The molecule has 1 aromatic rings. The zero-order chi connectivity index (χ0) is 13.7. The van der Waals surface area contributed by atoms with Gasteiger partial charge in [0.1, 0.15) is 0 Å². The molecule has 2 rings (SSSR count). The third kappa shape index (κ3) is 3.80. The highest BCUT2D eigenvalue weighted by atomic mass is 79.9. The summed E-state index contributed by atoms with van der Waals surface area (Å²) in [6.07, 6.45) is 1.01. The van der Waals surface area contributed by atoms with Crippen LogP contribution in [0.2, 0.25) is 0 Å². The van der Waals surface area contributed by atoms with Crippen molar-refractivity contribution in [2.24, 2.45) is 0 Å². The number of amides is 1. The number of rotatable bonds is 4. The average Bonchev–Trinajstić information content (AvgIpc) is 2.48. The number of hydrogen-bond donors (Lipinski definition) is 0. The van der Waals surface area contributed by atoms with Crippen LogP contribution in [0.3, 0.4) is 0 Å². The Balaban J connectivity index is 1.93. The predicted molar refractivity (Wildman–Crippen MR) is 82.0 cm³/mol. The van der Waals surface area contributed by atoms with Gasteiger partial charge in [-0.25, -0.2) is 0 Å². The van der Waals surface area contributed by atoms with Gasteiger partial charge in [-0.05, 0) is 24.1 Å². The first kappa shape index (κ1) is 14.5. The first-order chi connectivity index (χ1) is 9.24. The normalized spacial score (nSPS) is 16.6. The minimum atomic E-state index is 0.168. The van der Waals surface area contributed by atoms with E-state index in [0.29, 0.717) is 0 Å². The summed E-state index contributed by atoms with van der Waals surface area (Å²) in [5.74, 6) is 0.168. The Morgan fingerprint density at radius 3 is 2.32 bits per heavy atom. The summed E-state index contributed by atoms with van der Waals surface area (Å²) in [6, 6.07) is 8.00. The Labute approximate surface area is 123 Å². The number of halogens is 1. The van der Waals surface area contributed by atoms with E-state index >= 15 is 0 Å². The van der Waals surface area contributed by atoms with Crippen LogP contribution < -0.4 is 0 Å². The summed E-state index contributed by atoms with van der Waals surface area (Å²) >= 11 is 3.46. The molecule has 0 unspecified atom stereocenters. The highest BCUT2D eigenvalue weighted by Crippen LogP contribution is 2.11. The topological polar surface area (TPSA) is 23.6 Å². The van der Waals surface area contributed by atoms with Crippen LogP contribution in [0.25, 0.3) is 0 Å². The average molecular weight is 325 g/mol. The van der Waals surface area contributed by atoms with Crippen LogP contribution in [0.15, 0.2) is 24.3 Å². The number of alkyl halides is 1. The third-order valence-electron chi connectivity index (χ3n) is 3.67. The lowest BCUT2D eigenvalue weighted by Gasteiger charge is -2.34. The summed E-state index contributed by atoms with van der Waals surface area (Å²) in [7, 11) is 0. The van der Waals surface area contributed by atoms with E-state index < -0.39 is 0 Å².